The highest BCUT2D eigenvalue weighted by Crippen LogP contribution is 2.40. The molecule has 0 radical (unpaired) electrons. The van der Waals surface area contributed by atoms with E-state index in [2.05, 4.69) is 29.4 Å². The summed E-state index contributed by atoms with van der Waals surface area (Å²) in [4.78, 5) is 14.7. The lowest BCUT2D eigenvalue weighted by atomic mass is 10.0. The van der Waals surface area contributed by atoms with Crippen LogP contribution in [0.5, 0.6) is 0 Å². The summed E-state index contributed by atoms with van der Waals surface area (Å²) in [5.74, 6) is 1.39. The van der Waals surface area contributed by atoms with Crippen molar-refractivity contribution < 1.29 is 9.32 Å². The molecule has 1 aliphatic heterocycles. The molecule has 114 valence electrons. The lowest BCUT2D eigenvalue weighted by molar-refractivity contribution is 0.0726. The van der Waals surface area contributed by atoms with Gasteiger partial charge in [-0.15, -0.1) is 0 Å². The molecule has 0 spiro atoms. The van der Waals surface area contributed by atoms with Crippen molar-refractivity contribution in [1.29, 1.82) is 0 Å². The minimum atomic E-state index is 0.0223. The molecule has 4 heteroatoms. The van der Waals surface area contributed by atoms with Gasteiger partial charge in [0.1, 0.15) is 5.76 Å². The molecule has 2 heterocycles. The van der Waals surface area contributed by atoms with Gasteiger partial charge in [-0.05, 0) is 37.7 Å². The maximum Gasteiger partial charge on any atom is 0.276 e. The molecule has 2 fully saturated rings. The van der Waals surface area contributed by atoms with Crippen molar-refractivity contribution in [2.45, 2.75) is 44.1 Å². The molecule has 1 saturated heterocycles. The number of likely N-dealkylation sites (tertiary alicyclic amines) is 1. The van der Waals surface area contributed by atoms with Gasteiger partial charge in [0.2, 0.25) is 0 Å². The fourth-order valence-corrected chi connectivity index (χ4v) is 3.30. The first-order chi connectivity index (χ1) is 10.8. The van der Waals surface area contributed by atoms with Crippen LogP contribution in [-0.4, -0.2) is 28.6 Å². The summed E-state index contributed by atoms with van der Waals surface area (Å²) in [5.41, 5.74) is 1.76. The number of nitrogens with zero attached hydrogens (tertiary/aromatic N) is 2. The first kappa shape index (κ1) is 13.6. The molecule has 1 saturated carbocycles. The second kappa shape index (κ2) is 5.59. The number of rotatable bonds is 4. The third kappa shape index (κ3) is 2.65. The average molecular weight is 296 g/mol. The van der Waals surface area contributed by atoms with E-state index < -0.39 is 0 Å². The lowest BCUT2D eigenvalue weighted by Crippen LogP contribution is -2.37. The second-order valence-corrected chi connectivity index (χ2v) is 6.37. The molecule has 4 rings (SSSR count). The molecular formula is C18H20N2O2. The van der Waals surface area contributed by atoms with E-state index in [1.165, 1.54) is 5.56 Å². The number of amides is 1. The monoisotopic (exact) mass is 296 g/mol. The van der Waals surface area contributed by atoms with Gasteiger partial charge in [0, 0.05) is 24.6 Å². The van der Waals surface area contributed by atoms with Gasteiger partial charge in [-0.3, -0.25) is 4.79 Å². The SMILES string of the molecule is O=C(c1cc(C2CC2)on1)N1CCCC1Cc1ccccc1. The zero-order valence-electron chi connectivity index (χ0n) is 12.6. The predicted octanol–water partition coefficient (Wildman–Crippen LogP) is 3.40. The Labute approximate surface area is 130 Å². The predicted molar refractivity (Wildman–Crippen MR) is 82.7 cm³/mol. The highest BCUT2D eigenvalue weighted by molar-refractivity contribution is 5.92. The van der Waals surface area contributed by atoms with E-state index in [0.717, 1.165) is 44.4 Å². The Morgan fingerprint density at radius 3 is 2.82 bits per heavy atom. The molecule has 0 bridgehead atoms. The molecule has 2 aliphatic rings. The second-order valence-electron chi connectivity index (χ2n) is 6.37. The van der Waals surface area contributed by atoms with Crippen molar-refractivity contribution in [1.82, 2.24) is 10.1 Å². The van der Waals surface area contributed by atoms with Crippen molar-refractivity contribution in [2.24, 2.45) is 0 Å². The molecule has 22 heavy (non-hydrogen) atoms. The summed E-state index contributed by atoms with van der Waals surface area (Å²) in [5, 5.41) is 4.00. The topological polar surface area (TPSA) is 46.3 Å². The van der Waals surface area contributed by atoms with Gasteiger partial charge in [0.05, 0.1) is 0 Å². The maximum atomic E-state index is 12.7. The van der Waals surface area contributed by atoms with Crippen LogP contribution in [0.2, 0.25) is 0 Å². The third-order valence-corrected chi connectivity index (χ3v) is 4.68. The van der Waals surface area contributed by atoms with Gasteiger partial charge in [-0.1, -0.05) is 35.5 Å². The van der Waals surface area contributed by atoms with Crippen LogP contribution in [0.3, 0.4) is 0 Å². The molecule has 1 atom stereocenters. The fraction of sp³-hybridized carbons (Fsp3) is 0.444. The fourth-order valence-electron chi connectivity index (χ4n) is 3.30. The number of carbonyl (C=O) groups excluding carboxylic acids is 1. The van der Waals surface area contributed by atoms with Gasteiger partial charge >= 0.3 is 0 Å². The van der Waals surface area contributed by atoms with Gasteiger partial charge in [-0.25, -0.2) is 0 Å². The van der Waals surface area contributed by atoms with E-state index in [1.54, 1.807) is 0 Å². The van der Waals surface area contributed by atoms with Crippen LogP contribution in [-0.2, 0) is 6.42 Å². The minimum Gasteiger partial charge on any atom is -0.360 e. The number of hydrogen-bond acceptors (Lipinski definition) is 3. The Morgan fingerprint density at radius 1 is 1.23 bits per heavy atom. The Morgan fingerprint density at radius 2 is 2.05 bits per heavy atom. The highest BCUT2D eigenvalue weighted by Gasteiger charge is 2.33. The third-order valence-electron chi connectivity index (χ3n) is 4.68. The number of carbonyl (C=O) groups is 1. The van der Waals surface area contributed by atoms with Crippen LogP contribution in [0.1, 0.15) is 53.4 Å². The summed E-state index contributed by atoms with van der Waals surface area (Å²) in [6, 6.07) is 12.5. The standard InChI is InChI=1S/C18H20N2O2/c21-18(16-12-17(22-19-16)14-8-9-14)20-10-4-7-15(20)11-13-5-2-1-3-6-13/h1-3,5-6,12,14-15H,4,7-11H2. The smallest absolute Gasteiger partial charge is 0.276 e. The summed E-state index contributed by atoms with van der Waals surface area (Å²) >= 11 is 0. The van der Waals surface area contributed by atoms with Crippen molar-refractivity contribution in [3.63, 3.8) is 0 Å². The minimum absolute atomic E-state index is 0.0223. The number of benzene rings is 1. The Bertz CT molecular complexity index is 661. The van der Waals surface area contributed by atoms with E-state index in [4.69, 9.17) is 4.52 Å². The first-order valence-corrected chi connectivity index (χ1v) is 8.13. The van der Waals surface area contributed by atoms with Crippen LogP contribution in [0.15, 0.2) is 40.9 Å². The van der Waals surface area contributed by atoms with Crippen molar-refractivity contribution in [2.75, 3.05) is 6.54 Å². The number of hydrogen-bond donors (Lipinski definition) is 0. The van der Waals surface area contributed by atoms with Gasteiger partial charge < -0.3 is 9.42 Å². The van der Waals surface area contributed by atoms with E-state index in [9.17, 15) is 4.79 Å². The summed E-state index contributed by atoms with van der Waals surface area (Å²) in [6.45, 7) is 0.821. The molecule has 1 unspecified atom stereocenters. The first-order valence-electron chi connectivity index (χ1n) is 8.13. The zero-order valence-corrected chi connectivity index (χ0v) is 12.6. The van der Waals surface area contributed by atoms with Gasteiger partial charge in [0.15, 0.2) is 5.69 Å². The van der Waals surface area contributed by atoms with Crippen molar-refractivity contribution >= 4 is 5.91 Å². The maximum absolute atomic E-state index is 12.7. The largest absolute Gasteiger partial charge is 0.360 e. The van der Waals surface area contributed by atoms with Crippen LogP contribution in [0.25, 0.3) is 0 Å². The van der Waals surface area contributed by atoms with Crippen LogP contribution >= 0.6 is 0 Å². The molecule has 4 nitrogen and oxygen atoms in total. The van der Waals surface area contributed by atoms with E-state index in [-0.39, 0.29) is 11.9 Å². The molecule has 1 aromatic heterocycles. The van der Waals surface area contributed by atoms with Gasteiger partial charge in [-0.2, -0.15) is 0 Å². The lowest BCUT2D eigenvalue weighted by Gasteiger charge is -2.23. The zero-order chi connectivity index (χ0) is 14.9. The molecule has 1 aromatic carbocycles. The molecule has 2 aromatic rings. The van der Waals surface area contributed by atoms with Crippen LogP contribution in [0.4, 0.5) is 0 Å². The molecule has 1 aliphatic carbocycles. The van der Waals surface area contributed by atoms with Crippen molar-refractivity contribution in [3.05, 3.63) is 53.4 Å². The van der Waals surface area contributed by atoms with Gasteiger partial charge in [0.25, 0.3) is 5.91 Å². The van der Waals surface area contributed by atoms with E-state index in [1.807, 2.05) is 17.0 Å². The van der Waals surface area contributed by atoms with E-state index >= 15 is 0 Å². The molecular weight excluding hydrogens is 276 g/mol. The number of aromatic nitrogens is 1. The van der Waals surface area contributed by atoms with Crippen molar-refractivity contribution in [3.8, 4) is 0 Å². The molecule has 1 amide bonds. The van der Waals surface area contributed by atoms with Crippen LogP contribution < -0.4 is 0 Å². The van der Waals surface area contributed by atoms with E-state index in [0.29, 0.717) is 11.6 Å². The normalized spacial score (nSPS) is 21.3. The molecule has 0 N–H and O–H groups in total. The quantitative estimate of drug-likeness (QED) is 0.868. The Kier molecular flexibility index (Phi) is 3.45. The Hall–Kier alpha value is -2.10. The Balaban J connectivity index is 1.48. The summed E-state index contributed by atoms with van der Waals surface area (Å²) in [6.07, 6.45) is 5.36. The highest BCUT2D eigenvalue weighted by atomic mass is 16.5. The average Bonchev–Trinajstić information content (AvgIpc) is 3.10. The summed E-state index contributed by atoms with van der Waals surface area (Å²) < 4.78 is 5.33. The summed E-state index contributed by atoms with van der Waals surface area (Å²) in [7, 11) is 0. The van der Waals surface area contributed by atoms with Crippen LogP contribution in [0, 0.1) is 0 Å².